The molecule has 1 N–H and O–H groups in total. The summed E-state index contributed by atoms with van der Waals surface area (Å²) in [5.41, 5.74) is 3.01. The molecule has 0 unspecified atom stereocenters. The monoisotopic (exact) mass is 283 g/mol. The second kappa shape index (κ2) is 5.85. The molecular weight excluding hydrogens is 269 g/mol. The van der Waals surface area contributed by atoms with Crippen molar-refractivity contribution in [3.8, 4) is 11.3 Å². The van der Waals surface area contributed by atoms with Crippen LogP contribution in [0.3, 0.4) is 0 Å². The summed E-state index contributed by atoms with van der Waals surface area (Å²) >= 11 is 0. The van der Waals surface area contributed by atoms with Gasteiger partial charge in [0.2, 0.25) is 0 Å². The molecule has 0 saturated carbocycles. The minimum atomic E-state index is -0.270. The van der Waals surface area contributed by atoms with Gasteiger partial charge >= 0.3 is 0 Å². The third-order valence-electron chi connectivity index (χ3n) is 3.16. The molecule has 0 radical (unpaired) electrons. The maximum absolute atomic E-state index is 12.9. The summed E-state index contributed by atoms with van der Waals surface area (Å²) < 4.78 is 12.9. The lowest BCUT2D eigenvalue weighted by Gasteiger charge is -2.00. The molecule has 5 heteroatoms. The number of aromatic nitrogens is 3. The third kappa shape index (κ3) is 2.98. The van der Waals surface area contributed by atoms with E-state index in [-0.39, 0.29) is 12.4 Å². The number of nitrogens with zero attached hydrogens (tertiary/aromatic N) is 3. The summed E-state index contributed by atoms with van der Waals surface area (Å²) in [6.07, 6.45) is 0. The van der Waals surface area contributed by atoms with E-state index in [1.165, 1.54) is 16.9 Å². The van der Waals surface area contributed by atoms with Crippen molar-refractivity contribution in [2.24, 2.45) is 0 Å². The van der Waals surface area contributed by atoms with Crippen LogP contribution in [0, 0.1) is 5.82 Å². The second-order valence-corrected chi connectivity index (χ2v) is 4.68. The zero-order valence-electron chi connectivity index (χ0n) is 11.3. The van der Waals surface area contributed by atoms with Gasteiger partial charge in [0.25, 0.3) is 0 Å². The van der Waals surface area contributed by atoms with Gasteiger partial charge in [-0.2, -0.15) is 15.0 Å². The van der Waals surface area contributed by atoms with Crippen LogP contribution in [0.25, 0.3) is 11.3 Å². The van der Waals surface area contributed by atoms with Gasteiger partial charge in [-0.25, -0.2) is 4.39 Å². The molecule has 106 valence electrons. The van der Waals surface area contributed by atoms with Crippen molar-refractivity contribution in [2.45, 2.75) is 13.2 Å². The van der Waals surface area contributed by atoms with Crippen LogP contribution in [0.2, 0.25) is 0 Å². The summed E-state index contributed by atoms with van der Waals surface area (Å²) in [5, 5.41) is 18.1. The zero-order chi connectivity index (χ0) is 14.7. The zero-order valence-corrected chi connectivity index (χ0v) is 11.3. The van der Waals surface area contributed by atoms with E-state index in [0.717, 1.165) is 11.1 Å². The Morgan fingerprint density at radius 2 is 1.67 bits per heavy atom. The molecule has 0 bridgehead atoms. The highest BCUT2D eigenvalue weighted by atomic mass is 19.1. The fraction of sp³-hybridized carbons (Fsp3) is 0.125. The van der Waals surface area contributed by atoms with E-state index in [0.29, 0.717) is 17.9 Å². The largest absolute Gasteiger partial charge is 0.390 e. The highest BCUT2D eigenvalue weighted by Gasteiger charge is 2.12. The Morgan fingerprint density at radius 1 is 0.952 bits per heavy atom. The first-order valence-electron chi connectivity index (χ1n) is 6.61. The van der Waals surface area contributed by atoms with E-state index in [4.69, 9.17) is 0 Å². The highest BCUT2D eigenvalue weighted by molar-refractivity contribution is 5.60. The van der Waals surface area contributed by atoms with Crippen LogP contribution in [0.1, 0.15) is 11.3 Å². The van der Waals surface area contributed by atoms with Crippen LogP contribution >= 0.6 is 0 Å². The Labute approximate surface area is 121 Å². The lowest BCUT2D eigenvalue weighted by atomic mass is 10.1. The molecule has 0 saturated heterocycles. The molecule has 0 fully saturated rings. The SMILES string of the molecule is OCc1nn(Cc2ccc(F)cc2)nc1-c1ccccc1. The van der Waals surface area contributed by atoms with E-state index in [9.17, 15) is 9.50 Å². The standard InChI is InChI=1S/C16H14FN3O/c17-14-8-6-12(7-9-14)10-20-18-15(11-21)16(19-20)13-4-2-1-3-5-13/h1-9,21H,10-11H2. The molecule has 0 amide bonds. The van der Waals surface area contributed by atoms with Crippen molar-refractivity contribution in [3.63, 3.8) is 0 Å². The van der Waals surface area contributed by atoms with Crippen molar-refractivity contribution in [1.29, 1.82) is 0 Å². The van der Waals surface area contributed by atoms with Gasteiger partial charge in [0, 0.05) is 5.56 Å². The highest BCUT2D eigenvalue weighted by Crippen LogP contribution is 2.20. The second-order valence-electron chi connectivity index (χ2n) is 4.68. The molecule has 0 aliphatic heterocycles. The van der Waals surface area contributed by atoms with Crippen molar-refractivity contribution >= 4 is 0 Å². The molecule has 4 nitrogen and oxygen atoms in total. The summed E-state index contributed by atoms with van der Waals surface area (Å²) in [7, 11) is 0. The van der Waals surface area contributed by atoms with Crippen molar-refractivity contribution < 1.29 is 9.50 Å². The number of hydrogen-bond acceptors (Lipinski definition) is 3. The van der Waals surface area contributed by atoms with Crippen LogP contribution in [0.5, 0.6) is 0 Å². The summed E-state index contributed by atoms with van der Waals surface area (Å²) in [6, 6.07) is 15.8. The maximum atomic E-state index is 12.9. The molecule has 3 rings (SSSR count). The number of aliphatic hydroxyl groups excluding tert-OH is 1. The molecule has 0 atom stereocenters. The van der Waals surface area contributed by atoms with E-state index < -0.39 is 0 Å². The molecule has 1 aromatic heterocycles. The van der Waals surface area contributed by atoms with Gasteiger partial charge in [-0.05, 0) is 17.7 Å². The van der Waals surface area contributed by atoms with Crippen LogP contribution in [0.15, 0.2) is 54.6 Å². The molecule has 0 spiro atoms. The lowest BCUT2D eigenvalue weighted by Crippen LogP contribution is -2.04. The van der Waals surface area contributed by atoms with Crippen LogP contribution in [-0.4, -0.2) is 20.1 Å². The predicted octanol–water partition coefficient (Wildman–Crippen LogP) is 2.62. The number of hydrogen-bond donors (Lipinski definition) is 1. The lowest BCUT2D eigenvalue weighted by molar-refractivity contribution is 0.276. The first-order chi connectivity index (χ1) is 10.3. The fourth-order valence-electron chi connectivity index (χ4n) is 2.13. The van der Waals surface area contributed by atoms with Crippen molar-refractivity contribution in [3.05, 3.63) is 71.7 Å². The summed E-state index contributed by atoms with van der Waals surface area (Å²) in [6.45, 7) is 0.258. The van der Waals surface area contributed by atoms with Gasteiger partial charge in [0.1, 0.15) is 17.2 Å². The smallest absolute Gasteiger partial charge is 0.123 e. The molecule has 0 aliphatic carbocycles. The van der Waals surface area contributed by atoms with Gasteiger partial charge in [0.15, 0.2) is 0 Å². The minimum Gasteiger partial charge on any atom is -0.390 e. The molecule has 0 aliphatic rings. The normalized spacial score (nSPS) is 10.8. The van der Waals surface area contributed by atoms with Crippen LogP contribution in [0.4, 0.5) is 4.39 Å². The van der Waals surface area contributed by atoms with Gasteiger partial charge in [-0.15, -0.1) is 0 Å². The number of halogens is 1. The maximum Gasteiger partial charge on any atom is 0.123 e. The average Bonchev–Trinajstić information content (AvgIpc) is 2.93. The van der Waals surface area contributed by atoms with Crippen LogP contribution in [-0.2, 0) is 13.2 Å². The summed E-state index contributed by atoms with van der Waals surface area (Å²) in [5.74, 6) is -0.270. The Morgan fingerprint density at radius 3 is 2.33 bits per heavy atom. The third-order valence-corrected chi connectivity index (χ3v) is 3.16. The molecule has 2 aromatic carbocycles. The van der Waals surface area contributed by atoms with E-state index in [2.05, 4.69) is 10.2 Å². The minimum absolute atomic E-state index is 0.173. The molecule has 1 heterocycles. The predicted molar refractivity (Wildman–Crippen MR) is 76.9 cm³/mol. The Bertz CT molecular complexity index is 723. The summed E-state index contributed by atoms with van der Waals surface area (Å²) in [4.78, 5) is 1.52. The first kappa shape index (κ1) is 13.5. The number of benzene rings is 2. The Kier molecular flexibility index (Phi) is 3.75. The van der Waals surface area contributed by atoms with E-state index >= 15 is 0 Å². The Hall–Kier alpha value is -2.53. The van der Waals surface area contributed by atoms with Gasteiger partial charge in [-0.1, -0.05) is 42.5 Å². The topological polar surface area (TPSA) is 50.9 Å². The van der Waals surface area contributed by atoms with Crippen molar-refractivity contribution in [2.75, 3.05) is 0 Å². The van der Waals surface area contributed by atoms with E-state index in [1.807, 2.05) is 30.3 Å². The molecule has 21 heavy (non-hydrogen) atoms. The average molecular weight is 283 g/mol. The van der Waals surface area contributed by atoms with Gasteiger partial charge in [-0.3, -0.25) is 0 Å². The van der Waals surface area contributed by atoms with Gasteiger partial charge in [0.05, 0.1) is 13.2 Å². The molecule has 3 aromatic rings. The van der Waals surface area contributed by atoms with E-state index in [1.54, 1.807) is 12.1 Å². The first-order valence-corrected chi connectivity index (χ1v) is 6.61. The van der Waals surface area contributed by atoms with Gasteiger partial charge < -0.3 is 5.11 Å². The Balaban J connectivity index is 1.91. The quantitative estimate of drug-likeness (QED) is 0.800. The fourth-order valence-corrected chi connectivity index (χ4v) is 2.13. The van der Waals surface area contributed by atoms with Crippen LogP contribution < -0.4 is 0 Å². The number of aliphatic hydroxyl groups is 1. The molecular formula is C16H14FN3O. The number of rotatable bonds is 4. The van der Waals surface area contributed by atoms with Crippen molar-refractivity contribution in [1.82, 2.24) is 15.0 Å².